The summed E-state index contributed by atoms with van der Waals surface area (Å²) < 4.78 is 18.0. The Hall–Kier alpha value is -1.04. The van der Waals surface area contributed by atoms with Gasteiger partial charge in [0.25, 0.3) is 0 Å². The quantitative estimate of drug-likeness (QED) is 0.501. The summed E-state index contributed by atoms with van der Waals surface area (Å²) in [5.74, 6) is -2.35. The summed E-state index contributed by atoms with van der Waals surface area (Å²) in [7, 11) is 0. The lowest BCUT2D eigenvalue weighted by Crippen LogP contribution is -2.24. The number of carbonyl (C=O) groups is 1. The third-order valence-electron chi connectivity index (χ3n) is 1.90. The highest BCUT2D eigenvalue weighted by molar-refractivity contribution is 6.29. The monoisotopic (exact) mass is 261 g/mol. The van der Waals surface area contributed by atoms with Gasteiger partial charge in [0.15, 0.2) is 22.5 Å². The number of rotatable bonds is 5. The van der Waals surface area contributed by atoms with Crippen molar-refractivity contribution in [1.82, 2.24) is 4.98 Å². The van der Waals surface area contributed by atoms with Crippen LogP contribution in [-0.2, 0) is 4.74 Å². The highest BCUT2D eigenvalue weighted by Crippen LogP contribution is 2.13. The van der Waals surface area contributed by atoms with Crippen molar-refractivity contribution in [2.45, 2.75) is 26.1 Å². The molecule has 0 fully saturated rings. The SMILES string of the molecule is CC(C)(O)OCCC(=O)c1cnc(Cl)c(F)c1. The number of aromatic nitrogens is 1. The van der Waals surface area contributed by atoms with E-state index in [0.29, 0.717) is 0 Å². The average molecular weight is 262 g/mol. The second-order valence-corrected chi connectivity index (χ2v) is 4.32. The van der Waals surface area contributed by atoms with E-state index in [9.17, 15) is 14.3 Å². The molecule has 0 saturated carbocycles. The molecule has 0 radical (unpaired) electrons. The van der Waals surface area contributed by atoms with Gasteiger partial charge in [-0.05, 0) is 19.9 Å². The van der Waals surface area contributed by atoms with Crippen LogP contribution in [0.2, 0.25) is 5.15 Å². The first-order valence-electron chi connectivity index (χ1n) is 5.00. The lowest BCUT2D eigenvalue weighted by molar-refractivity contribution is -0.174. The molecule has 0 bridgehead atoms. The molecule has 0 aromatic carbocycles. The van der Waals surface area contributed by atoms with Crippen molar-refractivity contribution in [2.75, 3.05) is 6.61 Å². The minimum Gasteiger partial charge on any atom is -0.366 e. The molecule has 0 atom stereocenters. The molecule has 17 heavy (non-hydrogen) atoms. The number of hydrogen-bond acceptors (Lipinski definition) is 4. The second-order valence-electron chi connectivity index (χ2n) is 3.97. The van der Waals surface area contributed by atoms with E-state index in [-0.39, 0.29) is 29.5 Å². The van der Waals surface area contributed by atoms with E-state index < -0.39 is 11.6 Å². The molecule has 1 rings (SSSR count). The number of aliphatic hydroxyl groups is 1. The molecule has 0 unspecified atom stereocenters. The van der Waals surface area contributed by atoms with Gasteiger partial charge in [0.05, 0.1) is 6.61 Å². The van der Waals surface area contributed by atoms with E-state index >= 15 is 0 Å². The van der Waals surface area contributed by atoms with Gasteiger partial charge in [0.2, 0.25) is 0 Å². The van der Waals surface area contributed by atoms with Gasteiger partial charge in [-0.15, -0.1) is 0 Å². The van der Waals surface area contributed by atoms with Crippen LogP contribution in [0.5, 0.6) is 0 Å². The fourth-order valence-electron chi connectivity index (χ4n) is 1.11. The third-order valence-corrected chi connectivity index (χ3v) is 2.18. The fourth-order valence-corrected chi connectivity index (χ4v) is 1.21. The number of nitrogens with zero attached hydrogens (tertiary/aromatic N) is 1. The van der Waals surface area contributed by atoms with E-state index in [1.54, 1.807) is 0 Å². The first kappa shape index (κ1) is 14.0. The number of halogens is 2. The predicted octanol–water partition coefficient (Wildman–Crippen LogP) is 2.19. The zero-order chi connectivity index (χ0) is 13.1. The van der Waals surface area contributed by atoms with Crippen LogP contribution in [0.4, 0.5) is 4.39 Å². The number of ether oxygens (including phenoxy) is 1. The summed E-state index contributed by atoms with van der Waals surface area (Å²) in [6, 6.07) is 1.03. The molecule has 94 valence electrons. The Bertz CT molecular complexity index is 418. The van der Waals surface area contributed by atoms with Crippen molar-refractivity contribution in [1.29, 1.82) is 0 Å². The van der Waals surface area contributed by atoms with Gasteiger partial charge in [-0.2, -0.15) is 0 Å². The van der Waals surface area contributed by atoms with Gasteiger partial charge in [-0.1, -0.05) is 11.6 Å². The molecule has 0 aliphatic heterocycles. The Kier molecular flexibility index (Phi) is 4.56. The number of ketones is 1. The van der Waals surface area contributed by atoms with Crippen LogP contribution in [0, 0.1) is 5.82 Å². The Morgan fingerprint density at radius 3 is 2.82 bits per heavy atom. The Morgan fingerprint density at radius 2 is 2.29 bits per heavy atom. The first-order chi connectivity index (χ1) is 7.79. The number of hydrogen-bond donors (Lipinski definition) is 1. The maximum atomic E-state index is 13.0. The van der Waals surface area contributed by atoms with Crippen molar-refractivity contribution in [2.24, 2.45) is 0 Å². The molecule has 4 nitrogen and oxygen atoms in total. The molecule has 0 spiro atoms. The minimum absolute atomic E-state index is 0.0345. The van der Waals surface area contributed by atoms with Crippen molar-refractivity contribution in [3.05, 3.63) is 28.8 Å². The van der Waals surface area contributed by atoms with Gasteiger partial charge in [0.1, 0.15) is 0 Å². The number of Topliss-reactive ketones (excluding diaryl/α,β-unsaturated/α-hetero) is 1. The summed E-state index contributed by atoms with van der Waals surface area (Å²) >= 11 is 5.39. The zero-order valence-electron chi connectivity index (χ0n) is 9.54. The Labute approximate surface area is 103 Å². The topological polar surface area (TPSA) is 59.4 Å². The predicted molar refractivity (Wildman–Crippen MR) is 60.4 cm³/mol. The maximum absolute atomic E-state index is 13.0. The van der Waals surface area contributed by atoms with Gasteiger partial charge in [-0.25, -0.2) is 9.37 Å². The van der Waals surface area contributed by atoms with Crippen LogP contribution < -0.4 is 0 Å². The van der Waals surface area contributed by atoms with Crippen LogP contribution in [0.15, 0.2) is 12.3 Å². The van der Waals surface area contributed by atoms with Gasteiger partial charge in [0, 0.05) is 18.2 Å². The second kappa shape index (κ2) is 5.53. The number of carbonyl (C=O) groups excluding carboxylic acids is 1. The molecule has 1 N–H and O–H groups in total. The summed E-state index contributed by atoms with van der Waals surface area (Å²) in [5, 5.41) is 8.99. The van der Waals surface area contributed by atoms with Crippen LogP contribution in [-0.4, -0.2) is 28.3 Å². The molecule has 0 amide bonds. The van der Waals surface area contributed by atoms with Crippen molar-refractivity contribution in [3.8, 4) is 0 Å². The minimum atomic E-state index is -1.29. The molecule has 0 aliphatic carbocycles. The molecule has 0 aliphatic rings. The van der Waals surface area contributed by atoms with Crippen LogP contribution >= 0.6 is 11.6 Å². The Morgan fingerprint density at radius 1 is 1.65 bits per heavy atom. The number of pyridine rings is 1. The van der Waals surface area contributed by atoms with Crippen LogP contribution in [0.3, 0.4) is 0 Å². The Balaban J connectivity index is 2.56. The van der Waals surface area contributed by atoms with Crippen molar-refractivity contribution in [3.63, 3.8) is 0 Å². The van der Waals surface area contributed by atoms with E-state index in [4.69, 9.17) is 16.3 Å². The standard InChI is InChI=1S/C11H13ClFNO3/c1-11(2,16)17-4-3-9(15)7-5-8(13)10(12)14-6-7/h5-6,16H,3-4H2,1-2H3. The van der Waals surface area contributed by atoms with Gasteiger partial charge >= 0.3 is 0 Å². The van der Waals surface area contributed by atoms with Crippen LogP contribution in [0.1, 0.15) is 30.6 Å². The fraction of sp³-hybridized carbons (Fsp3) is 0.455. The highest BCUT2D eigenvalue weighted by atomic mass is 35.5. The average Bonchev–Trinajstić information content (AvgIpc) is 2.20. The smallest absolute Gasteiger partial charge is 0.166 e. The molecule has 1 aromatic heterocycles. The normalized spacial score (nSPS) is 11.6. The van der Waals surface area contributed by atoms with Gasteiger partial charge < -0.3 is 9.84 Å². The lowest BCUT2D eigenvalue weighted by atomic mass is 10.1. The lowest BCUT2D eigenvalue weighted by Gasteiger charge is -2.17. The van der Waals surface area contributed by atoms with Gasteiger partial charge in [-0.3, -0.25) is 4.79 Å². The van der Waals surface area contributed by atoms with Crippen LogP contribution in [0.25, 0.3) is 0 Å². The van der Waals surface area contributed by atoms with E-state index in [1.807, 2.05) is 0 Å². The van der Waals surface area contributed by atoms with E-state index in [2.05, 4.69) is 4.98 Å². The first-order valence-corrected chi connectivity index (χ1v) is 5.38. The molecular formula is C11H13ClFNO3. The molecule has 1 aromatic rings. The molecule has 0 saturated heterocycles. The molecule has 6 heteroatoms. The summed E-state index contributed by atoms with van der Waals surface area (Å²) in [5.41, 5.74) is 0.131. The largest absolute Gasteiger partial charge is 0.366 e. The zero-order valence-corrected chi connectivity index (χ0v) is 10.3. The molecule has 1 heterocycles. The summed E-state index contributed by atoms with van der Waals surface area (Å²) in [6.07, 6.45) is 1.24. The summed E-state index contributed by atoms with van der Waals surface area (Å²) in [6.45, 7) is 2.97. The van der Waals surface area contributed by atoms with E-state index in [0.717, 1.165) is 6.07 Å². The van der Waals surface area contributed by atoms with Crippen molar-refractivity contribution < 1.29 is 19.0 Å². The third kappa shape index (κ3) is 4.77. The maximum Gasteiger partial charge on any atom is 0.166 e. The van der Waals surface area contributed by atoms with Crippen molar-refractivity contribution >= 4 is 17.4 Å². The highest BCUT2D eigenvalue weighted by Gasteiger charge is 2.14. The van der Waals surface area contributed by atoms with E-state index in [1.165, 1.54) is 20.0 Å². The summed E-state index contributed by atoms with van der Waals surface area (Å²) in [4.78, 5) is 15.1. The molecular weight excluding hydrogens is 249 g/mol.